The van der Waals surface area contributed by atoms with Gasteiger partial charge in [-0.2, -0.15) is 0 Å². The van der Waals surface area contributed by atoms with Crippen LogP contribution in [0.4, 0.5) is 0 Å². The first kappa shape index (κ1) is 43.3. The number of fused-ring (bicyclic) bond motifs is 10. The molecule has 0 saturated heterocycles. The molecule has 0 atom stereocenters. The van der Waals surface area contributed by atoms with Crippen LogP contribution in [-0.2, 0) is 0 Å². The minimum atomic E-state index is 0.907. The van der Waals surface area contributed by atoms with Crippen LogP contribution in [0.3, 0.4) is 0 Å². The summed E-state index contributed by atoms with van der Waals surface area (Å²) in [6.45, 7) is 0. The fourth-order valence-corrected chi connectivity index (χ4v) is 13.1. The molecule has 1 nitrogen and oxygen atoms in total. The maximum Gasteiger partial charge on any atom is 0.143 e. The monoisotopic (exact) mass is 974 g/mol. The van der Waals surface area contributed by atoms with Crippen molar-refractivity contribution in [2.45, 2.75) is 0 Å². The molecule has 1 aromatic heterocycles. The molecule has 0 radical (unpaired) electrons. The fourth-order valence-electron chi connectivity index (χ4n) is 13.1. The Balaban J connectivity index is 0.793. The van der Waals surface area contributed by atoms with E-state index in [4.69, 9.17) is 4.42 Å². The van der Waals surface area contributed by atoms with Crippen molar-refractivity contribution >= 4 is 97.3 Å². The lowest BCUT2D eigenvalue weighted by Gasteiger charge is -2.19. The van der Waals surface area contributed by atoms with Gasteiger partial charge in [-0.3, -0.25) is 0 Å². The summed E-state index contributed by atoms with van der Waals surface area (Å²) in [5.41, 5.74) is 16.4. The molecular formula is C76H46O. The van der Waals surface area contributed by atoms with E-state index in [1.165, 1.54) is 137 Å². The van der Waals surface area contributed by atoms with E-state index in [9.17, 15) is 0 Å². The van der Waals surface area contributed by atoms with E-state index in [-0.39, 0.29) is 0 Å². The van der Waals surface area contributed by atoms with Crippen LogP contribution in [-0.4, -0.2) is 0 Å². The van der Waals surface area contributed by atoms with Crippen LogP contribution in [0.5, 0.6) is 0 Å². The van der Waals surface area contributed by atoms with Gasteiger partial charge in [-0.05, 0) is 155 Å². The quantitative estimate of drug-likeness (QED) is 0.151. The normalized spacial score (nSPS) is 11.9. The highest BCUT2D eigenvalue weighted by Gasteiger charge is 2.22. The van der Waals surface area contributed by atoms with Gasteiger partial charge >= 0.3 is 0 Å². The Morgan fingerprint density at radius 1 is 0.182 bits per heavy atom. The zero-order chi connectivity index (χ0) is 50.6. The molecule has 0 aliphatic carbocycles. The summed E-state index contributed by atoms with van der Waals surface area (Å²) >= 11 is 0. The second-order valence-corrected chi connectivity index (χ2v) is 20.6. The molecule has 0 saturated carbocycles. The van der Waals surface area contributed by atoms with Crippen LogP contribution in [0.15, 0.2) is 283 Å². The first-order chi connectivity index (χ1) is 38.2. The van der Waals surface area contributed by atoms with Crippen LogP contribution in [0.2, 0.25) is 0 Å². The topological polar surface area (TPSA) is 13.1 Å². The van der Waals surface area contributed by atoms with Gasteiger partial charge in [0.2, 0.25) is 0 Å². The summed E-state index contributed by atoms with van der Waals surface area (Å²) in [5, 5.41) is 19.6. The summed E-state index contributed by atoms with van der Waals surface area (Å²) < 4.78 is 6.67. The highest BCUT2D eigenvalue weighted by atomic mass is 16.3. The summed E-state index contributed by atoms with van der Waals surface area (Å²) in [4.78, 5) is 0. The highest BCUT2D eigenvalue weighted by molar-refractivity contribution is 6.27. The average Bonchev–Trinajstić information content (AvgIpc) is 4.00. The molecule has 15 aromatic carbocycles. The van der Waals surface area contributed by atoms with Gasteiger partial charge in [0.15, 0.2) is 0 Å². The standard InChI is InChI=1S/C76H46O/c1-2-24-54-47(18-1)19-14-35-59(54)73-63-28-5-3-26-61(63)72(62-27-4-6-29-64(62)73)53-23-13-20-52(46-53)55-34-15-21-50-44-48(40-42-56(50)55)49-41-43-57-51(45-49)22-16-36-60(57)74-65-30-7-9-32-67(65)75(68-33-10-8-31-66(68)74)70-38-17-37-69-58-25-11-12-39-71(58)77-76(69)70/h1-46H. The maximum absolute atomic E-state index is 6.67. The minimum Gasteiger partial charge on any atom is -0.455 e. The zero-order valence-corrected chi connectivity index (χ0v) is 42.0. The lowest BCUT2D eigenvalue weighted by atomic mass is 9.84. The van der Waals surface area contributed by atoms with Crippen molar-refractivity contribution in [3.63, 3.8) is 0 Å². The maximum atomic E-state index is 6.67. The molecule has 1 heterocycles. The first-order valence-electron chi connectivity index (χ1n) is 26.6. The largest absolute Gasteiger partial charge is 0.455 e. The van der Waals surface area contributed by atoms with Gasteiger partial charge in [0, 0.05) is 21.9 Å². The van der Waals surface area contributed by atoms with Crippen molar-refractivity contribution < 1.29 is 4.42 Å². The van der Waals surface area contributed by atoms with Crippen molar-refractivity contribution in [3.8, 4) is 66.8 Å². The van der Waals surface area contributed by atoms with Crippen molar-refractivity contribution in [2.24, 2.45) is 0 Å². The molecule has 16 rings (SSSR count). The van der Waals surface area contributed by atoms with E-state index >= 15 is 0 Å². The third kappa shape index (κ3) is 6.74. The Bertz CT molecular complexity index is 4990. The number of benzene rings is 15. The lowest BCUT2D eigenvalue weighted by Crippen LogP contribution is -1.92. The van der Waals surface area contributed by atoms with Crippen LogP contribution in [0.1, 0.15) is 0 Å². The van der Waals surface area contributed by atoms with E-state index in [0.29, 0.717) is 0 Å². The first-order valence-corrected chi connectivity index (χ1v) is 26.6. The van der Waals surface area contributed by atoms with Gasteiger partial charge in [-0.15, -0.1) is 0 Å². The smallest absolute Gasteiger partial charge is 0.143 e. The Hall–Kier alpha value is -10.1. The summed E-state index contributed by atoms with van der Waals surface area (Å²) in [7, 11) is 0. The molecule has 356 valence electrons. The molecule has 0 N–H and O–H groups in total. The predicted octanol–water partition coefficient (Wildman–Crippen LogP) is 21.7. The van der Waals surface area contributed by atoms with E-state index < -0.39 is 0 Å². The van der Waals surface area contributed by atoms with E-state index in [0.717, 1.165) is 27.5 Å². The van der Waals surface area contributed by atoms with E-state index in [2.05, 4.69) is 273 Å². The third-order valence-corrected chi connectivity index (χ3v) is 16.4. The second-order valence-electron chi connectivity index (χ2n) is 20.6. The molecule has 0 amide bonds. The Labute approximate surface area is 445 Å². The van der Waals surface area contributed by atoms with Crippen LogP contribution < -0.4 is 0 Å². The van der Waals surface area contributed by atoms with E-state index in [1.807, 2.05) is 6.07 Å². The minimum absolute atomic E-state index is 0.907. The lowest BCUT2D eigenvalue weighted by molar-refractivity contribution is 0.670. The highest BCUT2D eigenvalue weighted by Crippen LogP contribution is 2.49. The molecule has 0 fully saturated rings. The van der Waals surface area contributed by atoms with Crippen LogP contribution in [0.25, 0.3) is 164 Å². The molecular weight excluding hydrogens is 929 g/mol. The van der Waals surface area contributed by atoms with Gasteiger partial charge in [0.25, 0.3) is 0 Å². The molecule has 0 spiro atoms. The van der Waals surface area contributed by atoms with Gasteiger partial charge < -0.3 is 4.42 Å². The summed E-state index contributed by atoms with van der Waals surface area (Å²) in [6.07, 6.45) is 0. The number of hydrogen-bond acceptors (Lipinski definition) is 1. The predicted molar refractivity (Wildman–Crippen MR) is 329 cm³/mol. The average molecular weight is 975 g/mol. The van der Waals surface area contributed by atoms with Gasteiger partial charge in [0.1, 0.15) is 11.2 Å². The summed E-state index contributed by atoms with van der Waals surface area (Å²) in [5.74, 6) is 0. The van der Waals surface area contributed by atoms with Crippen molar-refractivity contribution in [1.82, 2.24) is 0 Å². The molecule has 16 aromatic rings. The molecule has 0 bridgehead atoms. The zero-order valence-electron chi connectivity index (χ0n) is 42.0. The summed E-state index contributed by atoms with van der Waals surface area (Å²) in [6, 6.07) is 103. The van der Waals surface area contributed by atoms with Crippen molar-refractivity contribution in [3.05, 3.63) is 279 Å². The Morgan fingerprint density at radius 3 is 1.12 bits per heavy atom. The van der Waals surface area contributed by atoms with Gasteiger partial charge in [0.05, 0.1) is 0 Å². The molecule has 77 heavy (non-hydrogen) atoms. The fraction of sp³-hybridized carbons (Fsp3) is 0. The molecule has 0 aliphatic rings. The second kappa shape index (κ2) is 17.2. The molecule has 0 aliphatic heterocycles. The molecule has 1 heteroatoms. The molecule has 0 unspecified atom stereocenters. The Morgan fingerprint density at radius 2 is 0.545 bits per heavy atom. The van der Waals surface area contributed by atoms with E-state index in [1.54, 1.807) is 0 Å². The van der Waals surface area contributed by atoms with Gasteiger partial charge in [-0.1, -0.05) is 255 Å². The number of para-hydroxylation sites is 2. The third-order valence-electron chi connectivity index (χ3n) is 16.4. The number of furan rings is 1. The van der Waals surface area contributed by atoms with Gasteiger partial charge in [-0.25, -0.2) is 0 Å². The number of rotatable bonds is 6. The van der Waals surface area contributed by atoms with Crippen molar-refractivity contribution in [2.75, 3.05) is 0 Å². The van der Waals surface area contributed by atoms with Crippen molar-refractivity contribution in [1.29, 1.82) is 0 Å². The van der Waals surface area contributed by atoms with Crippen LogP contribution >= 0.6 is 0 Å². The number of hydrogen-bond donors (Lipinski definition) is 0. The van der Waals surface area contributed by atoms with Crippen LogP contribution in [0, 0.1) is 0 Å². The SMILES string of the molecule is c1cc(-c2cccc3cc(-c4ccc5c(-c6c7ccccc7c(-c7cccc8c7oc7ccccc78)c7ccccc67)cccc5c4)ccc23)cc(-c2c3ccccc3c(-c3cccc4ccccc34)c3ccccc23)c1. The Kier molecular flexibility index (Phi) is 9.71.